The molecule has 28 heavy (non-hydrogen) atoms. The number of pyridine rings is 1. The number of carbonyl (C=O) groups excluding carboxylic acids is 2. The Morgan fingerprint density at radius 1 is 1.07 bits per heavy atom. The van der Waals surface area contributed by atoms with Crippen molar-refractivity contribution in [2.75, 3.05) is 51.3 Å². The SMILES string of the molecule is COCCNC(=O)c1cccc(C(=O)N2CCN(c3cccc(C)c3)CC2)n1. The number of benzene rings is 1. The number of nitrogens with zero attached hydrogens (tertiary/aromatic N) is 3. The number of methoxy groups -OCH3 is 1. The van der Waals surface area contributed by atoms with Gasteiger partial charge in [-0.25, -0.2) is 4.98 Å². The van der Waals surface area contributed by atoms with E-state index in [4.69, 9.17) is 4.74 Å². The molecule has 2 aromatic rings. The van der Waals surface area contributed by atoms with Crippen molar-refractivity contribution in [3.63, 3.8) is 0 Å². The predicted octanol–water partition coefficient (Wildman–Crippen LogP) is 1.73. The predicted molar refractivity (Wildman–Crippen MR) is 108 cm³/mol. The summed E-state index contributed by atoms with van der Waals surface area (Å²) in [5.74, 6) is -0.452. The second-order valence-electron chi connectivity index (χ2n) is 6.78. The molecule has 0 radical (unpaired) electrons. The first-order chi connectivity index (χ1) is 13.6. The number of aromatic nitrogens is 1. The number of piperazine rings is 1. The summed E-state index contributed by atoms with van der Waals surface area (Å²) in [6.45, 7) is 5.69. The third-order valence-electron chi connectivity index (χ3n) is 4.73. The number of rotatable bonds is 6. The van der Waals surface area contributed by atoms with E-state index < -0.39 is 0 Å². The Labute approximate surface area is 165 Å². The third kappa shape index (κ3) is 4.86. The fraction of sp³-hybridized carbons (Fsp3) is 0.381. The van der Waals surface area contributed by atoms with E-state index in [0.29, 0.717) is 31.9 Å². The van der Waals surface area contributed by atoms with Crippen LogP contribution in [0.25, 0.3) is 0 Å². The van der Waals surface area contributed by atoms with Gasteiger partial charge in [0.25, 0.3) is 11.8 Å². The maximum Gasteiger partial charge on any atom is 0.272 e. The summed E-state index contributed by atoms with van der Waals surface area (Å²) in [4.78, 5) is 33.3. The molecule has 1 saturated heterocycles. The van der Waals surface area contributed by atoms with Gasteiger partial charge in [-0.3, -0.25) is 9.59 Å². The van der Waals surface area contributed by atoms with Crippen LogP contribution in [0.15, 0.2) is 42.5 Å². The topological polar surface area (TPSA) is 74.8 Å². The lowest BCUT2D eigenvalue weighted by molar-refractivity contribution is 0.0740. The number of aryl methyl sites for hydroxylation is 1. The highest BCUT2D eigenvalue weighted by Gasteiger charge is 2.23. The summed E-state index contributed by atoms with van der Waals surface area (Å²) in [7, 11) is 1.57. The molecule has 7 nitrogen and oxygen atoms in total. The van der Waals surface area contributed by atoms with Crippen molar-refractivity contribution in [2.45, 2.75) is 6.92 Å². The minimum absolute atomic E-state index is 0.143. The normalized spacial score (nSPS) is 14.1. The highest BCUT2D eigenvalue weighted by Crippen LogP contribution is 2.18. The van der Waals surface area contributed by atoms with Gasteiger partial charge in [-0.15, -0.1) is 0 Å². The van der Waals surface area contributed by atoms with Gasteiger partial charge in [0.1, 0.15) is 11.4 Å². The Bertz CT molecular complexity index is 832. The van der Waals surface area contributed by atoms with Crippen LogP contribution in [0.1, 0.15) is 26.5 Å². The Hall–Kier alpha value is -2.93. The zero-order valence-electron chi connectivity index (χ0n) is 16.4. The fourth-order valence-electron chi connectivity index (χ4n) is 3.19. The average Bonchev–Trinajstić information content (AvgIpc) is 2.73. The standard InChI is InChI=1S/C21H26N4O3/c1-16-5-3-6-17(15-16)24-10-12-25(13-11-24)21(27)19-8-4-7-18(23-19)20(26)22-9-14-28-2/h3-8,15H,9-14H2,1-2H3,(H,22,26). The van der Waals surface area contributed by atoms with Crippen LogP contribution in [0.5, 0.6) is 0 Å². The first-order valence-corrected chi connectivity index (χ1v) is 9.43. The molecule has 1 aliphatic heterocycles. The van der Waals surface area contributed by atoms with E-state index in [1.165, 1.54) is 11.3 Å². The highest BCUT2D eigenvalue weighted by atomic mass is 16.5. The molecule has 2 amide bonds. The van der Waals surface area contributed by atoms with Gasteiger partial charge >= 0.3 is 0 Å². The molecule has 1 aliphatic rings. The van der Waals surface area contributed by atoms with Crippen LogP contribution in [0.3, 0.4) is 0 Å². The zero-order valence-corrected chi connectivity index (χ0v) is 16.4. The Kier molecular flexibility index (Phi) is 6.60. The minimum Gasteiger partial charge on any atom is -0.383 e. The minimum atomic E-state index is -0.309. The number of amides is 2. The van der Waals surface area contributed by atoms with Gasteiger partial charge in [0, 0.05) is 45.5 Å². The van der Waals surface area contributed by atoms with Crippen molar-refractivity contribution in [1.29, 1.82) is 0 Å². The van der Waals surface area contributed by atoms with Crippen LogP contribution >= 0.6 is 0 Å². The number of anilines is 1. The highest BCUT2D eigenvalue weighted by molar-refractivity contribution is 5.96. The lowest BCUT2D eigenvalue weighted by atomic mass is 10.2. The monoisotopic (exact) mass is 382 g/mol. The van der Waals surface area contributed by atoms with Crippen LogP contribution < -0.4 is 10.2 Å². The fourth-order valence-corrected chi connectivity index (χ4v) is 3.19. The van der Waals surface area contributed by atoms with E-state index in [1.807, 2.05) is 0 Å². The maximum absolute atomic E-state index is 12.8. The van der Waals surface area contributed by atoms with Gasteiger partial charge in [-0.2, -0.15) is 0 Å². The molecule has 0 saturated carbocycles. The second-order valence-corrected chi connectivity index (χ2v) is 6.78. The molecule has 0 unspecified atom stereocenters. The molecule has 0 atom stereocenters. The number of hydrogen-bond acceptors (Lipinski definition) is 5. The molecular weight excluding hydrogens is 356 g/mol. The molecule has 3 rings (SSSR count). The lowest BCUT2D eigenvalue weighted by Gasteiger charge is -2.36. The maximum atomic E-state index is 12.8. The third-order valence-corrected chi connectivity index (χ3v) is 4.73. The van der Waals surface area contributed by atoms with Crippen LogP contribution in [0, 0.1) is 6.92 Å². The van der Waals surface area contributed by atoms with Gasteiger partial charge in [0.15, 0.2) is 0 Å². The summed E-state index contributed by atoms with van der Waals surface area (Å²) >= 11 is 0. The quantitative estimate of drug-likeness (QED) is 0.770. The van der Waals surface area contributed by atoms with Gasteiger partial charge in [0.05, 0.1) is 6.61 Å². The van der Waals surface area contributed by atoms with E-state index in [1.54, 1.807) is 30.2 Å². The molecule has 0 bridgehead atoms. The second kappa shape index (κ2) is 9.32. The molecule has 0 spiro atoms. The molecule has 1 aromatic heterocycles. The van der Waals surface area contributed by atoms with E-state index >= 15 is 0 Å². The molecule has 1 fully saturated rings. The Balaban J connectivity index is 1.60. The van der Waals surface area contributed by atoms with Crippen molar-refractivity contribution >= 4 is 17.5 Å². The molecule has 1 N–H and O–H groups in total. The van der Waals surface area contributed by atoms with E-state index in [0.717, 1.165) is 13.1 Å². The first kappa shape index (κ1) is 19.8. The number of hydrogen-bond donors (Lipinski definition) is 1. The number of nitrogens with one attached hydrogen (secondary N) is 1. The van der Waals surface area contributed by atoms with Crippen molar-refractivity contribution in [2.24, 2.45) is 0 Å². The van der Waals surface area contributed by atoms with Gasteiger partial charge in [0.2, 0.25) is 0 Å². The van der Waals surface area contributed by atoms with Crippen LogP contribution in [0.2, 0.25) is 0 Å². The van der Waals surface area contributed by atoms with Crippen molar-refractivity contribution < 1.29 is 14.3 Å². The molecule has 2 heterocycles. The first-order valence-electron chi connectivity index (χ1n) is 9.43. The largest absolute Gasteiger partial charge is 0.383 e. The summed E-state index contributed by atoms with van der Waals surface area (Å²) in [5.41, 5.74) is 2.93. The van der Waals surface area contributed by atoms with Gasteiger partial charge in [-0.05, 0) is 36.8 Å². The summed E-state index contributed by atoms with van der Waals surface area (Å²) in [5, 5.41) is 2.72. The Morgan fingerprint density at radius 2 is 1.79 bits per heavy atom. The summed E-state index contributed by atoms with van der Waals surface area (Å²) < 4.78 is 4.92. The van der Waals surface area contributed by atoms with Crippen molar-refractivity contribution in [3.8, 4) is 0 Å². The molecule has 0 aliphatic carbocycles. The smallest absolute Gasteiger partial charge is 0.272 e. The van der Waals surface area contributed by atoms with E-state index in [-0.39, 0.29) is 17.5 Å². The molecule has 1 aromatic carbocycles. The van der Waals surface area contributed by atoms with E-state index in [9.17, 15) is 9.59 Å². The van der Waals surface area contributed by atoms with E-state index in [2.05, 4.69) is 46.4 Å². The van der Waals surface area contributed by atoms with Gasteiger partial charge < -0.3 is 19.9 Å². The van der Waals surface area contributed by atoms with Crippen LogP contribution in [-0.4, -0.2) is 68.1 Å². The van der Waals surface area contributed by atoms with Crippen LogP contribution in [-0.2, 0) is 4.74 Å². The molecular formula is C21H26N4O3. The Morgan fingerprint density at radius 3 is 2.50 bits per heavy atom. The van der Waals surface area contributed by atoms with Gasteiger partial charge in [-0.1, -0.05) is 18.2 Å². The van der Waals surface area contributed by atoms with Crippen molar-refractivity contribution in [1.82, 2.24) is 15.2 Å². The number of carbonyl (C=O) groups is 2. The molecule has 148 valence electrons. The van der Waals surface area contributed by atoms with Crippen LogP contribution in [0.4, 0.5) is 5.69 Å². The summed E-state index contributed by atoms with van der Waals surface area (Å²) in [6.07, 6.45) is 0. The number of ether oxygens (including phenoxy) is 1. The average molecular weight is 382 g/mol. The lowest BCUT2D eigenvalue weighted by Crippen LogP contribution is -2.49. The van der Waals surface area contributed by atoms with Crippen molar-refractivity contribution in [3.05, 3.63) is 59.4 Å². The summed E-state index contributed by atoms with van der Waals surface area (Å²) in [6, 6.07) is 13.3. The zero-order chi connectivity index (χ0) is 19.9. The molecule has 7 heteroatoms.